The Hall–Kier alpha value is -1.55. The predicted octanol–water partition coefficient (Wildman–Crippen LogP) is 3.24. The third kappa shape index (κ3) is 3.38. The van der Waals surface area contributed by atoms with E-state index in [0.717, 1.165) is 37.3 Å². The van der Waals surface area contributed by atoms with Crippen LogP contribution in [0.5, 0.6) is 0 Å². The Balaban J connectivity index is 2.52. The highest BCUT2D eigenvalue weighted by Gasteiger charge is 2.21. The van der Waals surface area contributed by atoms with E-state index in [9.17, 15) is 0 Å². The van der Waals surface area contributed by atoms with Crippen LogP contribution in [0.1, 0.15) is 46.2 Å². The molecule has 4 nitrogen and oxygen atoms in total. The summed E-state index contributed by atoms with van der Waals surface area (Å²) in [6.07, 6.45) is 5.05. The molecular weight excluding hydrogens is 260 g/mol. The summed E-state index contributed by atoms with van der Waals surface area (Å²) in [6, 6.07) is 6.77. The van der Waals surface area contributed by atoms with Crippen LogP contribution >= 0.6 is 0 Å². The summed E-state index contributed by atoms with van der Waals surface area (Å²) in [4.78, 5) is 7.27. The summed E-state index contributed by atoms with van der Waals surface area (Å²) in [5.41, 5.74) is 8.46. The van der Waals surface area contributed by atoms with Crippen LogP contribution in [-0.4, -0.2) is 28.0 Å². The molecule has 0 radical (unpaired) electrons. The number of imidazole rings is 1. The van der Waals surface area contributed by atoms with Crippen molar-refractivity contribution >= 4 is 11.5 Å². The van der Waals surface area contributed by atoms with Crippen molar-refractivity contribution in [2.45, 2.75) is 59.0 Å². The molecule has 0 aliphatic carbocycles. The maximum absolute atomic E-state index is 6.21. The molecule has 0 aliphatic rings. The molecule has 2 N–H and O–H groups in total. The second kappa shape index (κ2) is 6.94. The first-order chi connectivity index (χ1) is 10.1. The lowest BCUT2D eigenvalue weighted by molar-refractivity contribution is 0.620. The standard InChI is InChI=1S/C17H28N4/c1-5-10-20(13(3)4)17-15(12-14(18)6-2)21-11-8-7-9-16(21)19-17/h7-9,11,13-14H,5-6,10,12,18H2,1-4H3. The molecule has 4 heteroatoms. The molecule has 2 heterocycles. The Bertz CT molecular complexity index is 573. The minimum absolute atomic E-state index is 0.180. The van der Waals surface area contributed by atoms with Crippen LogP contribution < -0.4 is 10.6 Å². The second-order valence-electron chi connectivity index (χ2n) is 5.97. The zero-order chi connectivity index (χ0) is 15.4. The highest BCUT2D eigenvalue weighted by Crippen LogP contribution is 2.25. The summed E-state index contributed by atoms with van der Waals surface area (Å²) in [7, 11) is 0. The number of anilines is 1. The highest BCUT2D eigenvalue weighted by molar-refractivity contribution is 5.56. The molecule has 0 fully saturated rings. The zero-order valence-electron chi connectivity index (χ0n) is 13.7. The zero-order valence-corrected chi connectivity index (χ0v) is 13.7. The van der Waals surface area contributed by atoms with Crippen molar-refractivity contribution in [1.29, 1.82) is 0 Å². The maximum atomic E-state index is 6.21. The quantitative estimate of drug-likeness (QED) is 0.851. The summed E-state index contributed by atoms with van der Waals surface area (Å²) in [6.45, 7) is 9.82. The van der Waals surface area contributed by atoms with Gasteiger partial charge in [0.1, 0.15) is 5.65 Å². The summed E-state index contributed by atoms with van der Waals surface area (Å²) in [5.74, 6) is 1.10. The monoisotopic (exact) mass is 288 g/mol. The van der Waals surface area contributed by atoms with Crippen LogP contribution in [0.2, 0.25) is 0 Å². The first-order valence-corrected chi connectivity index (χ1v) is 8.06. The van der Waals surface area contributed by atoms with Gasteiger partial charge in [-0.25, -0.2) is 4.98 Å². The van der Waals surface area contributed by atoms with E-state index in [-0.39, 0.29) is 6.04 Å². The highest BCUT2D eigenvalue weighted by atomic mass is 15.2. The molecule has 21 heavy (non-hydrogen) atoms. The molecule has 0 aromatic carbocycles. The van der Waals surface area contributed by atoms with Gasteiger partial charge in [0.2, 0.25) is 0 Å². The SMILES string of the molecule is CCCN(c1nc2ccccn2c1CC(N)CC)C(C)C. The van der Waals surface area contributed by atoms with Crippen LogP contribution in [0.4, 0.5) is 5.82 Å². The van der Waals surface area contributed by atoms with Gasteiger partial charge >= 0.3 is 0 Å². The Morgan fingerprint density at radius 2 is 2.05 bits per heavy atom. The third-order valence-electron chi connectivity index (χ3n) is 3.95. The number of hydrogen-bond acceptors (Lipinski definition) is 3. The fraction of sp³-hybridized carbons (Fsp3) is 0.588. The van der Waals surface area contributed by atoms with E-state index >= 15 is 0 Å². The Morgan fingerprint density at radius 3 is 2.67 bits per heavy atom. The van der Waals surface area contributed by atoms with Gasteiger partial charge < -0.3 is 15.0 Å². The van der Waals surface area contributed by atoms with E-state index < -0.39 is 0 Å². The lowest BCUT2D eigenvalue weighted by Crippen LogP contribution is -2.33. The molecule has 0 bridgehead atoms. The number of fused-ring (bicyclic) bond motifs is 1. The average molecular weight is 288 g/mol. The van der Waals surface area contributed by atoms with E-state index in [1.165, 1.54) is 5.69 Å². The molecule has 116 valence electrons. The predicted molar refractivity (Wildman–Crippen MR) is 89.9 cm³/mol. The van der Waals surface area contributed by atoms with E-state index in [1.54, 1.807) is 0 Å². The molecule has 0 saturated heterocycles. The average Bonchev–Trinajstić information content (AvgIpc) is 2.83. The van der Waals surface area contributed by atoms with Crippen LogP contribution in [0.3, 0.4) is 0 Å². The number of aromatic nitrogens is 2. The molecular formula is C17H28N4. The molecule has 2 aromatic heterocycles. The van der Waals surface area contributed by atoms with Crippen LogP contribution in [-0.2, 0) is 6.42 Å². The first kappa shape index (κ1) is 15.8. The van der Waals surface area contributed by atoms with E-state index in [2.05, 4.69) is 55.3 Å². The van der Waals surface area contributed by atoms with Crippen molar-refractivity contribution in [2.24, 2.45) is 5.73 Å². The van der Waals surface area contributed by atoms with Crippen molar-refractivity contribution in [3.63, 3.8) is 0 Å². The Labute approximate surface area is 128 Å². The van der Waals surface area contributed by atoms with E-state index in [0.29, 0.717) is 6.04 Å². The van der Waals surface area contributed by atoms with Gasteiger partial charge in [0.15, 0.2) is 5.82 Å². The summed E-state index contributed by atoms with van der Waals surface area (Å²) < 4.78 is 2.19. The van der Waals surface area contributed by atoms with Gasteiger partial charge in [0, 0.05) is 31.2 Å². The lowest BCUT2D eigenvalue weighted by atomic mass is 10.1. The topological polar surface area (TPSA) is 46.6 Å². The number of rotatable bonds is 7. The number of nitrogens with two attached hydrogens (primary N) is 1. The number of hydrogen-bond donors (Lipinski definition) is 1. The Morgan fingerprint density at radius 1 is 1.29 bits per heavy atom. The smallest absolute Gasteiger partial charge is 0.151 e. The number of nitrogens with zero attached hydrogens (tertiary/aromatic N) is 3. The molecule has 1 atom stereocenters. The van der Waals surface area contributed by atoms with Gasteiger partial charge in [-0.05, 0) is 38.8 Å². The van der Waals surface area contributed by atoms with Crippen molar-refractivity contribution in [2.75, 3.05) is 11.4 Å². The number of pyridine rings is 1. The molecule has 0 amide bonds. The van der Waals surface area contributed by atoms with E-state index in [4.69, 9.17) is 10.7 Å². The van der Waals surface area contributed by atoms with Crippen LogP contribution in [0.15, 0.2) is 24.4 Å². The fourth-order valence-electron chi connectivity index (χ4n) is 2.70. The maximum Gasteiger partial charge on any atom is 0.151 e. The summed E-state index contributed by atoms with van der Waals surface area (Å²) in [5, 5.41) is 0. The van der Waals surface area contributed by atoms with Crippen LogP contribution in [0.25, 0.3) is 5.65 Å². The van der Waals surface area contributed by atoms with Gasteiger partial charge in [0.05, 0.1) is 5.69 Å². The third-order valence-corrected chi connectivity index (χ3v) is 3.95. The Kier molecular flexibility index (Phi) is 5.23. The lowest BCUT2D eigenvalue weighted by Gasteiger charge is -2.28. The van der Waals surface area contributed by atoms with Crippen molar-refractivity contribution in [3.05, 3.63) is 30.1 Å². The van der Waals surface area contributed by atoms with Crippen molar-refractivity contribution in [3.8, 4) is 0 Å². The minimum Gasteiger partial charge on any atom is -0.353 e. The molecule has 2 rings (SSSR count). The second-order valence-corrected chi connectivity index (χ2v) is 5.97. The van der Waals surface area contributed by atoms with Gasteiger partial charge in [-0.15, -0.1) is 0 Å². The molecule has 0 spiro atoms. The molecule has 2 aromatic rings. The molecule has 1 unspecified atom stereocenters. The van der Waals surface area contributed by atoms with Crippen molar-refractivity contribution < 1.29 is 0 Å². The van der Waals surface area contributed by atoms with Gasteiger partial charge in [-0.3, -0.25) is 0 Å². The van der Waals surface area contributed by atoms with E-state index in [1.807, 2.05) is 6.07 Å². The fourth-order valence-corrected chi connectivity index (χ4v) is 2.70. The normalized spacial score (nSPS) is 13.0. The minimum atomic E-state index is 0.180. The largest absolute Gasteiger partial charge is 0.353 e. The van der Waals surface area contributed by atoms with Crippen molar-refractivity contribution in [1.82, 2.24) is 9.38 Å². The first-order valence-electron chi connectivity index (χ1n) is 8.06. The summed E-state index contributed by atoms with van der Waals surface area (Å²) >= 11 is 0. The van der Waals surface area contributed by atoms with Gasteiger partial charge in [-0.1, -0.05) is 19.9 Å². The molecule has 0 aliphatic heterocycles. The van der Waals surface area contributed by atoms with Gasteiger partial charge in [-0.2, -0.15) is 0 Å². The van der Waals surface area contributed by atoms with Crippen LogP contribution in [0, 0.1) is 0 Å². The molecule has 0 saturated carbocycles. The van der Waals surface area contributed by atoms with Gasteiger partial charge in [0.25, 0.3) is 0 Å².